The lowest BCUT2D eigenvalue weighted by atomic mass is 9.91. The Morgan fingerprint density at radius 3 is 2.78 bits per heavy atom. The van der Waals surface area contributed by atoms with Crippen LogP contribution in [0.1, 0.15) is 31.2 Å². The first kappa shape index (κ1) is 13.8. The molecule has 2 atom stereocenters. The highest BCUT2D eigenvalue weighted by atomic mass is 35.5. The van der Waals surface area contributed by atoms with Gasteiger partial charge in [-0.25, -0.2) is 4.39 Å². The lowest BCUT2D eigenvalue weighted by molar-refractivity contribution is 0.0284. The molecule has 0 heterocycles. The van der Waals surface area contributed by atoms with Gasteiger partial charge in [0.05, 0.1) is 6.10 Å². The predicted octanol–water partition coefficient (Wildman–Crippen LogP) is 3.21. The Labute approximate surface area is 112 Å². The molecular weight excluding hydrogens is 253 g/mol. The van der Waals surface area contributed by atoms with Gasteiger partial charge in [-0.05, 0) is 32.0 Å². The average Bonchev–Trinajstić information content (AvgIpc) is 2.34. The second kappa shape index (κ2) is 6.00. The molecule has 1 N–H and O–H groups in total. The maximum Gasteiger partial charge on any atom is 0.129 e. The van der Waals surface area contributed by atoms with Crippen LogP contribution in [0.3, 0.4) is 0 Å². The molecule has 0 saturated heterocycles. The van der Waals surface area contributed by atoms with Crippen LogP contribution in [-0.4, -0.2) is 29.2 Å². The van der Waals surface area contributed by atoms with Crippen molar-refractivity contribution in [2.45, 2.75) is 44.4 Å². The highest BCUT2D eigenvalue weighted by Gasteiger charge is 2.27. The molecular formula is C14H19ClFNO. The van der Waals surface area contributed by atoms with E-state index in [1.165, 1.54) is 6.07 Å². The molecule has 0 bridgehead atoms. The molecule has 2 nitrogen and oxygen atoms in total. The first-order valence-corrected chi connectivity index (χ1v) is 6.78. The molecule has 1 saturated carbocycles. The van der Waals surface area contributed by atoms with Gasteiger partial charge in [0, 0.05) is 23.2 Å². The highest BCUT2D eigenvalue weighted by Crippen LogP contribution is 2.26. The van der Waals surface area contributed by atoms with Crippen LogP contribution in [0.2, 0.25) is 5.02 Å². The third-order valence-corrected chi connectivity index (χ3v) is 4.08. The van der Waals surface area contributed by atoms with E-state index in [0.717, 1.165) is 25.7 Å². The minimum Gasteiger partial charge on any atom is -0.391 e. The molecule has 0 amide bonds. The van der Waals surface area contributed by atoms with E-state index in [9.17, 15) is 9.50 Å². The van der Waals surface area contributed by atoms with Gasteiger partial charge < -0.3 is 5.11 Å². The minimum atomic E-state index is -0.311. The summed E-state index contributed by atoms with van der Waals surface area (Å²) in [5.74, 6) is -0.278. The number of benzene rings is 1. The molecule has 1 aromatic carbocycles. The van der Waals surface area contributed by atoms with Gasteiger partial charge in [-0.2, -0.15) is 0 Å². The van der Waals surface area contributed by atoms with E-state index in [0.29, 0.717) is 17.1 Å². The van der Waals surface area contributed by atoms with Crippen molar-refractivity contribution < 1.29 is 9.50 Å². The van der Waals surface area contributed by atoms with Crippen molar-refractivity contribution in [3.63, 3.8) is 0 Å². The Balaban J connectivity index is 2.08. The molecule has 1 fully saturated rings. The topological polar surface area (TPSA) is 23.5 Å². The number of aliphatic hydroxyl groups is 1. The van der Waals surface area contributed by atoms with Crippen LogP contribution >= 0.6 is 11.6 Å². The van der Waals surface area contributed by atoms with Gasteiger partial charge >= 0.3 is 0 Å². The van der Waals surface area contributed by atoms with E-state index in [1.807, 2.05) is 11.9 Å². The Morgan fingerprint density at radius 2 is 2.11 bits per heavy atom. The standard InChI is InChI=1S/C14H19ClFNO/c1-17(13-7-2-3-8-14(13)18)9-10-11(15)5-4-6-12(10)16/h4-6,13-14,18H,2-3,7-9H2,1H3. The summed E-state index contributed by atoms with van der Waals surface area (Å²) in [7, 11) is 1.92. The zero-order valence-corrected chi connectivity index (χ0v) is 11.3. The largest absolute Gasteiger partial charge is 0.391 e. The van der Waals surface area contributed by atoms with Crippen molar-refractivity contribution in [2.75, 3.05) is 7.05 Å². The number of rotatable bonds is 3. The van der Waals surface area contributed by atoms with Crippen LogP contribution in [-0.2, 0) is 6.54 Å². The van der Waals surface area contributed by atoms with E-state index < -0.39 is 0 Å². The van der Waals surface area contributed by atoms with Gasteiger partial charge in [-0.15, -0.1) is 0 Å². The van der Waals surface area contributed by atoms with Crippen molar-refractivity contribution in [1.82, 2.24) is 4.90 Å². The molecule has 4 heteroatoms. The van der Waals surface area contributed by atoms with E-state index in [2.05, 4.69) is 0 Å². The van der Waals surface area contributed by atoms with Crippen LogP contribution in [0.5, 0.6) is 0 Å². The minimum absolute atomic E-state index is 0.106. The number of halogens is 2. The lowest BCUT2D eigenvalue weighted by Crippen LogP contribution is -2.43. The monoisotopic (exact) mass is 271 g/mol. The van der Waals surface area contributed by atoms with E-state index in [-0.39, 0.29) is 18.0 Å². The molecule has 0 radical (unpaired) electrons. The van der Waals surface area contributed by atoms with Crippen molar-refractivity contribution >= 4 is 11.6 Å². The molecule has 18 heavy (non-hydrogen) atoms. The Morgan fingerprint density at radius 1 is 1.39 bits per heavy atom. The fraction of sp³-hybridized carbons (Fsp3) is 0.571. The van der Waals surface area contributed by atoms with Crippen molar-refractivity contribution in [2.24, 2.45) is 0 Å². The summed E-state index contributed by atoms with van der Waals surface area (Å²) in [5.41, 5.74) is 0.513. The zero-order chi connectivity index (χ0) is 13.1. The number of hydrogen-bond acceptors (Lipinski definition) is 2. The van der Waals surface area contributed by atoms with Crippen molar-refractivity contribution in [3.8, 4) is 0 Å². The van der Waals surface area contributed by atoms with Crippen molar-refractivity contribution in [3.05, 3.63) is 34.6 Å². The van der Waals surface area contributed by atoms with Gasteiger partial charge in [-0.1, -0.05) is 30.5 Å². The van der Waals surface area contributed by atoms with E-state index >= 15 is 0 Å². The van der Waals surface area contributed by atoms with Gasteiger partial charge in [0.25, 0.3) is 0 Å². The molecule has 0 aliphatic heterocycles. The van der Waals surface area contributed by atoms with Gasteiger partial charge in [-0.3, -0.25) is 4.90 Å². The first-order valence-electron chi connectivity index (χ1n) is 6.41. The number of nitrogens with zero attached hydrogens (tertiary/aromatic N) is 1. The average molecular weight is 272 g/mol. The number of hydrogen-bond donors (Lipinski definition) is 1. The van der Waals surface area contributed by atoms with Crippen molar-refractivity contribution in [1.29, 1.82) is 0 Å². The maximum atomic E-state index is 13.7. The fourth-order valence-electron chi connectivity index (χ4n) is 2.66. The van der Waals surface area contributed by atoms with Crippen LogP contribution < -0.4 is 0 Å². The van der Waals surface area contributed by atoms with Gasteiger partial charge in [0.1, 0.15) is 5.82 Å². The van der Waals surface area contributed by atoms with Crippen LogP contribution in [0.15, 0.2) is 18.2 Å². The Kier molecular flexibility index (Phi) is 4.60. The van der Waals surface area contributed by atoms with Gasteiger partial charge in [0.15, 0.2) is 0 Å². The molecule has 1 aliphatic carbocycles. The second-order valence-electron chi connectivity index (χ2n) is 5.03. The Bertz CT molecular complexity index is 393. The summed E-state index contributed by atoms with van der Waals surface area (Å²) in [6.45, 7) is 0.438. The van der Waals surface area contributed by atoms with Crippen LogP contribution in [0.4, 0.5) is 4.39 Å². The third-order valence-electron chi connectivity index (χ3n) is 3.73. The summed E-state index contributed by atoms with van der Waals surface area (Å²) in [5, 5.41) is 10.4. The third kappa shape index (κ3) is 3.02. The fourth-order valence-corrected chi connectivity index (χ4v) is 2.88. The molecule has 0 aromatic heterocycles. The van der Waals surface area contributed by atoms with Gasteiger partial charge in [0.2, 0.25) is 0 Å². The quantitative estimate of drug-likeness (QED) is 0.913. The molecule has 1 aliphatic rings. The number of aliphatic hydroxyl groups excluding tert-OH is 1. The van der Waals surface area contributed by atoms with E-state index in [4.69, 9.17) is 11.6 Å². The normalized spacial score (nSPS) is 24.5. The highest BCUT2D eigenvalue weighted by molar-refractivity contribution is 6.31. The lowest BCUT2D eigenvalue weighted by Gasteiger charge is -2.35. The SMILES string of the molecule is CN(Cc1c(F)cccc1Cl)C1CCCCC1O. The molecule has 2 unspecified atom stereocenters. The Hall–Kier alpha value is -0.640. The molecule has 100 valence electrons. The van der Waals surface area contributed by atoms with Crippen LogP contribution in [0.25, 0.3) is 0 Å². The van der Waals surface area contributed by atoms with E-state index in [1.54, 1.807) is 12.1 Å². The predicted molar refractivity (Wildman–Crippen MR) is 71.1 cm³/mol. The smallest absolute Gasteiger partial charge is 0.129 e. The molecule has 1 aromatic rings. The number of likely N-dealkylation sites (N-methyl/N-ethyl adjacent to an activating group) is 1. The maximum absolute atomic E-state index is 13.7. The summed E-state index contributed by atoms with van der Waals surface area (Å²) in [6, 6.07) is 4.84. The molecule has 0 spiro atoms. The van der Waals surface area contributed by atoms with Crippen LogP contribution in [0, 0.1) is 5.82 Å². The summed E-state index contributed by atoms with van der Waals surface area (Å²) >= 11 is 6.02. The molecule has 2 rings (SSSR count). The zero-order valence-electron chi connectivity index (χ0n) is 10.6. The first-order chi connectivity index (χ1) is 8.59. The summed E-state index contributed by atoms with van der Waals surface area (Å²) < 4.78 is 13.7. The summed E-state index contributed by atoms with van der Waals surface area (Å²) in [6.07, 6.45) is 3.68. The second-order valence-corrected chi connectivity index (χ2v) is 5.44. The summed E-state index contributed by atoms with van der Waals surface area (Å²) in [4.78, 5) is 2.01.